The highest BCUT2D eigenvalue weighted by atomic mass is 19.4. The Morgan fingerprint density at radius 3 is 2.58 bits per heavy atom. The average Bonchev–Trinajstić information content (AvgIpc) is 2.58. The van der Waals surface area contributed by atoms with Crippen LogP contribution in [0.2, 0.25) is 0 Å². The Kier molecular flexibility index (Phi) is 4.76. The summed E-state index contributed by atoms with van der Waals surface area (Å²) in [6.07, 6.45) is -3.26. The van der Waals surface area contributed by atoms with E-state index in [0.29, 0.717) is 19.4 Å². The molecule has 24 heavy (non-hydrogen) atoms. The number of carbonyl (C=O) groups is 1. The summed E-state index contributed by atoms with van der Waals surface area (Å²) in [5.74, 6) is -0.603. The van der Waals surface area contributed by atoms with Crippen LogP contribution in [0.3, 0.4) is 0 Å². The van der Waals surface area contributed by atoms with Crippen LogP contribution in [0.5, 0.6) is 0 Å². The molecule has 1 aliphatic heterocycles. The normalized spacial score (nSPS) is 18.5. The van der Waals surface area contributed by atoms with Gasteiger partial charge in [0.1, 0.15) is 6.54 Å². The van der Waals surface area contributed by atoms with Gasteiger partial charge in [-0.15, -0.1) is 0 Å². The Morgan fingerprint density at radius 2 is 1.92 bits per heavy atom. The maximum absolute atomic E-state index is 13.0. The summed E-state index contributed by atoms with van der Waals surface area (Å²) in [4.78, 5) is 13.6. The third-order valence-electron chi connectivity index (χ3n) is 4.18. The zero-order valence-electron chi connectivity index (χ0n) is 13.1. The molecule has 1 unspecified atom stereocenters. The molecule has 0 spiro atoms. The quantitative estimate of drug-likeness (QED) is 0.846. The standard InChI is InChI=1S/C18H18F3NO2/c19-18(20,21)12-22(16-6-3-9-24-11-16)17(23)15-8-7-13-4-1-2-5-14(13)10-15/h1-2,4-5,7-8,10,16H,3,6,9,11-12H2. The molecule has 0 radical (unpaired) electrons. The molecule has 2 aromatic rings. The van der Waals surface area contributed by atoms with E-state index in [1.165, 1.54) is 0 Å². The molecule has 0 aliphatic carbocycles. The Morgan fingerprint density at radius 1 is 1.17 bits per heavy atom. The molecule has 1 heterocycles. The van der Waals surface area contributed by atoms with Crippen molar-refractivity contribution in [3.05, 3.63) is 48.0 Å². The fourth-order valence-corrected chi connectivity index (χ4v) is 3.02. The summed E-state index contributed by atoms with van der Waals surface area (Å²) in [5, 5.41) is 1.77. The van der Waals surface area contributed by atoms with Gasteiger partial charge in [0.25, 0.3) is 5.91 Å². The number of carbonyl (C=O) groups excluding carboxylic acids is 1. The molecule has 2 aromatic carbocycles. The van der Waals surface area contributed by atoms with Crippen molar-refractivity contribution in [1.29, 1.82) is 0 Å². The Bertz CT molecular complexity index is 724. The van der Waals surface area contributed by atoms with Crippen LogP contribution in [0, 0.1) is 0 Å². The van der Waals surface area contributed by atoms with Crippen LogP contribution in [0.4, 0.5) is 13.2 Å². The predicted molar refractivity (Wildman–Crippen MR) is 84.9 cm³/mol. The van der Waals surface area contributed by atoms with E-state index in [2.05, 4.69) is 0 Å². The number of hydrogen-bond acceptors (Lipinski definition) is 2. The minimum absolute atomic E-state index is 0.148. The van der Waals surface area contributed by atoms with Crippen molar-refractivity contribution in [1.82, 2.24) is 4.90 Å². The maximum atomic E-state index is 13.0. The predicted octanol–water partition coefficient (Wildman–Crippen LogP) is 4.02. The number of benzene rings is 2. The van der Waals surface area contributed by atoms with Crippen LogP contribution in [0.1, 0.15) is 23.2 Å². The fraction of sp³-hybridized carbons (Fsp3) is 0.389. The van der Waals surface area contributed by atoms with E-state index < -0.39 is 24.7 Å². The monoisotopic (exact) mass is 337 g/mol. The number of nitrogens with zero attached hydrogens (tertiary/aromatic N) is 1. The minimum atomic E-state index is -4.44. The lowest BCUT2D eigenvalue weighted by atomic mass is 10.0. The fourth-order valence-electron chi connectivity index (χ4n) is 3.02. The van der Waals surface area contributed by atoms with E-state index in [0.717, 1.165) is 15.7 Å². The minimum Gasteiger partial charge on any atom is -0.379 e. The van der Waals surface area contributed by atoms with E-state index in [1.807, 2.05) is 24.3 Å². The summed E-state index contributed by atoms with van der Waals surface area (Å²) < 4.78 is 44.1. The van der Waals surface area contributed by atoms with Gasteiger partial charge in [-0.2, -0.15) is 13.2 Å². The molecule has 0 saturated carbocycles. The van der Waals surface area contributed by atoms with Gasteiger partial charge >= 0.3 is 6.18 Å². The lowest BCUT2D eigenvalue weighted by Gasteiger charge is -2.34. The third-order valence-corrected chi connectivity index (χ3v) is 4.18. The van der Waals surface area contributed by atoms with Crippen molar-refractivity contribution >= 4 is 16.7 Å². The van der Waals surface area contributed by atoms with Crippen LogP contribution in [-0.2, 0) is 4.74 Å². The number of alkyl halides is 3. The summed E-state index contributed by atoms with van der Waals surface area (Å²) >= 11 is 0. The van der Waals surface area contributed by atoms with Gasteiger partial charge in [-0.05, 0) is 35.7 Å². The number of fused-ring (bicyclic) bond motifs is 1. The summed E-state index contributed by atoms with van der Waals surface area (Å²) in [6.45, 7) is -0.581. The van der Waals surface area contributed by atoms with Crippen molar-refractivity contribution in [2.24, 2.45) is 0 Å². The van der Waals surface area contributed by atoms with Gasteiger partial charge in [-0.25, -0.2) is 0 Å². The topological polar surface area (TPSA) is 29.5 Å². The van der Waals surface area contributed by atoms with Gasteiger partial charge in [-0.3, -0.25) is 4.79 Å². The van der Waals surface area contributed by atoms with Gasteiger partial charge in [0.15, 0.2) is 0 Å². The first-order chi connectivity index (χ1) is 11.4. The SMILES string of the molecule is O=C(c1ccc2ccccc2c1)N(CC(F)(F)F)C1CCCOC1. The second-order valence-electron chi connectivity index (χ2n) is 5.98. The van der Waals surface area contributed by atoms with Crippen LogP contribution < -0.4 is 0 Å². The van der Waals surface area contributed by atoms with Crippen molar-refractivity contribution in [3.63, 3.8) is 0 Å². The molecule has 0 N–H and O–H groups in total. The summed E-state index contributed by atoms with van der Waals surface area (Å²) in [5.41, 5.74) is 0.267. The van der Waals surface area contributed by atoms with Crippen molar-refractivity contribution in [3.8, 4) is 0 Å². The molecule has 1 atom stereocenters. The maximum Gasteiger partial charge on any atom is 0.406 e. The van der Waals surface area contributed by atoms with Gasteiger partial charge in [0.05, 0.1) is 12.6 Å². The number of halogens is 3. The molecule has 1 amide bonds. The summed E-state index contributed by atoms with van der Waals surface area (Å²) in [7, 11) is 0. The average molecular weight is 337 g/mol. The highest BCUT2D eigenvalue weighted by Gasteiger charge is 2.37. The largest absolute Gasteiger partial charge is 0.406 e. The van der Waals surface area contributed by atoms with Gasteiger partial charge < -0.3 is 9.64 Å². The first kappa shape index (κ1) is 16.8. The molecule has 1 aliphatic rings. The first-order valence-corrected chi connectivity index (χ1v) is 7.88. The number of amides is 1. The molecule has 3 rings (SSSR count). The second-order valence-corrected chi connectivity index (χ2v) is 5.98. The van der Waals surface area contributed by atoms with Crippen molar-refractivity contribution in [2.75, 3.05) is 19.8 Å². The van der Waals surface area contributed by atoms with E-state index in [9.17, 15) is 18.0 Å². The van der Waals surface area contributed by atoms with Gasteiger partial charge in [0.2, 0.25) is 0 Å². The van der Waals surface area contributed by atoms with E-state index in [4.69, 9.17) is 4.74 Å². The van der Waals surface area contributed by atoms with Crippen LogP contribution in [0.25, 0.3) is 10.8 Å². The van der Waals surface area contributed by atoms with Crippen LogP contribution in [-0.4, -0.2) is 42.8 Å². The third kappa shape index (κ3) is 3.87. The highest BCUT2D eigenvalue weighted by Crippen LogP contribution is 2.24. The number of rotatable bonds is 3. The Labute approximate surface area is 138 Å². The molecule has 0 aromatic heterocycles. The summed E-state index contributed by atoms with van der Waals surface area (Å²) in [6, 6.07) is 11.9. The molecule has 3 nitrogen and oxygen atoms in total. The van der Waals surface area contributed by atoms with Gasteiger partial charge in [-0.1, -0.05) is 30.3 Å². The second kappa shape index (κ2) is 6.81. The molecular weight excluding hydrogens is 319 g/mol. The Balaban J connectivity index is 1.90. The number of ether oxygens (including phenoxy) is 1. The van der Waals surface area contributed by atoms with Crippen molar-refractivity contribution < 1.29 is 22.7 Å². The number of hydrogen-bond donors (Lipinski definition) is 0. The molecular formula is C18H18F3NO2. The molecule has 1 saturated heterocycles. The van der Waals surface area contributed by atoms with Crippen molar-refractivity contribution in [2.45, 2.75) is 25.1 Å². The van der Waals surface area contributed by atoms with E-state index in [1.54, 1.807) is 18.2 Å². The Hall–Kier alpha value is -2.08. The van der Waals surface area contributed by atoms with E-state index >= 15 is 0 Å². The van der Waals surface area contributed by atoms with E-state index in [-0.39, 0.29) is 12.2 Å². The highest BCUT2D eigenvalue weighted by molar-refractivity contribution is 5.98. The zero-order valence-corrected chi connectivity index (χ0v) is 13.1. The zero-order chi connectivity index (χ0) is 17.2. The molecule has 6 heteroatoms. The van der Waals surface area contributed by atoms with Gasteiger partial charge in [0, 0.05) is 12.2 Å². The first-order valence-electron chi connectivity index (χ1n) is 7.88. The lowest BCUT2D eigenvalue weighted by molar-refractivity contribution is -0.148. The van der Waals surface area contributed by atoms with Crippen LogP contribution >= 0.6 is 0 Å². The molecule has 1 fully saturated rings. The molecule has 128 valence electrons. The lowest BCUT2D eigenvalue weighted by Crippen LogP contribution is -2.49. The van der Waals surface area contributed by atoms with Crippen LogP contribution in [0.15, 0.2) is 42.5 Å². The smallest absolute Gasteiger partial charge is 0.379 e. The molecule has 0 bridgehead atoms.